The number of ether oxygens (including phenoxy) is 1. The lowest BCUT2D eigenvalue weighted by molar-refractivity contribution is 0.00448. The van der Waals surface area contributed by atoms with Crippen LogP contribution in [-0.2, 0) is 4.74 Å². The Kier molecular flexibility index (Phi) is 5.58. The van der Waals surface area contributed by atoms with Crippen molar-refractivity contribution in [1.82, 2.24) is 9.88 Å². The molecule has 0 unspecified atom stereocenters. The molecule has 1 aromatic rings. The molecule has 24 heavy (non-hydrogen) atoms. The summed E-state index contributed by atoms with van der Waals surface area (Å²) in [6.07, 6.45) is 3.57. The number of carboxylic acid groups (broad SMARTS) is 1. The van der Waals surface area contributed by atoms with Crippen molar-refractivity contribution in [3.8, 4) is 0 Å². The zero-order chi connectivity index (χ0) is 17.1. The fourth-order valence-electron chi connectivity index (χ4n) is 3.66. The van der Waals surface area contributed by atoms with Gasteiger partial charge in [-0.25, -0.2) is 9.78 Å². The van der Waals surface area contributed by atoms with Gasteiger partial charge in [-0.3, -0.25) is 4.90 Å². The van der Waals surface area contributed by atoms with Crippen molar-refractivity contribution in [2.45, 2.75) is 25.8 Å². The maximum Gasteiger partial charge on any atom is 0.337 e. The number of aromatic carboxylic acids is 1. The zero-order valence-electron chi connectivity index (χ0n) is 13.9. The lowest BCUT2D eigenvalue weighted by Gasteiger charge is -2.41. The number of hydrogen-bond acceptors (Lipinski definition) is 5. The molecule has 0 amide bonds. The predicted molar refractivity (Wildman–Crippen MR) is 93.0 cm³/mol. The fraction of sp³-hybridized carbons (Fsp3) is 0.647. The Hall–Kier alpha value is -1.37. The molecule has 2 saturated heterocycles. The number of nitrogens with zero attached hydrogens (tertiary/aromatic N) is 3. The number of rotatable bonds is 4. The first kappa shape index (κ1) is 17.5. The van der Waals surface area contributed by atoms with Crippen LogP contribution in [-0.4, -0.2) is 66.4 Å². The number of anilines is 1. The van der Waals surface area contributed by atoms with Gasteiger partial charge in [0.15, 0.2) is 0 Å². The van der Waals surface area contributed by atoms with Gasteiger partial charge in [0.2, 0.25) is 0 Å². The van der Waals surface area contributed by atoms with Crippen LogP contribution in [0.3, 0.4) is 0 Å². The summed E-state index contributed by atoms with van der Waals surface area (Å²) in [4.78, 5) is 19.9. The van der Waals surface area contributed by atoms with Crippen molar-refractivity contribution in [3.63, 3.8) is 0 Å². The highest BCUT2D eigenvalue weighted by Gasteiger charge is 2.29. The summed E-state index contributed by atoms with van der Waals surface area (Å²) in [6, 6.07) is 2.04. The molecule has 0 radical (unpaired) electrons. The lowest BCUT2D eigenvalue weighted by atomic mass is 9.89. The average Bonchev–Trinajstić information content (AvgIpc) is 2.62. The lowest BCUT2D eigenvalue weighted by Crippen LogP contribution is -2.48. The summed E-state index contributed by atoms with van der Waals surface area (Å²) in [6.45, 7) is 7.82. The molecule has 3 heterocycles. The van der Waals surface area contributed by atoms with Gasteiger partial charge in [0.1, 0.15) is 5.82 Å². The van der Waals surface area contributed by atoms with E-state index in [4.69, 9.17) is 21.4 Å². The van der Waals surface area contributed by atoms with Crippen LogP contribution in [0.25, 0.3) is 0 Å². The molecule has 2 aliphatic heterocycles. The van der Waals surface area contributed by atoms with Crippen LogP contribution >= 0.6 is 11.6 Å². The normalized spacial score (nSPS) is 21.7. The van der Waals surface area contributed by atoms with Gasteiger partial charge in [0.25, 0.3) is 0 Å². The Labute approximate surface area is 147 Å². The fourth-order valence-corrected chi connectivity index (χ4v) is 3.94. The molecule has 0 saturated carbocycles. The van der Waals surface area contributed by atoms with E-state index < -0.39 is 5.97 Å². The molecule has 0 aliphatic carbocycles. The first-order valence-corrected chi connectivity index (χ1v) is 8.89. The molecule has 1 atom stereocenters. The monoisotopic (exact) mass is 353 g/mol. The second-order valence-electron chi connectivity index (χ2n) is 6.55. The molecular formula is C17H24ClN3O3. The molecule has 6 nitrogen and oxygen atoms in total. The van der Waals surface area contributed by atoms with Crippen LogP contribution in [0.1, 0.15) is 30.1 Å². The van der Waals surface area contributed by atoms with Gasteiger partial charge in [-0.15, -0.1) is 0 Å². The maximum absolute atomic E-state index is 11.0. The molecule has 7 heteroatoms. The van der Waals surface area contributed by atoms with E-state index in [0.717, 1.165) is 52.2 Å². The van der Waals surface area contributed by atoms with Crippen LogP contribution in [0, 0.1) is 5.92 Å². The van der Waals surface area contributed by atoms with Crippen molar-refractivity contribution in [1.29, 1.82) is 0 Å². The van der Waals surface area contributed by atoms with E-state index in [-0.39, 0.29) is 5.56 Å². The Morgan fingerprint density at radius 2 is 2.00 bits per heavy atom. The molecule has 1 aromatic heterocycles. The van der Waals surface area contributed by atoms with Crippen LogP contribution in [0.4, 0.5) is 5.82 Å². The van der Waals surface area contributed by atoms with Crippen molar-refractivity contribution >= 4 is 23.4 Å². The highest BCUT2D eigenvalue weighted by atomic mass is 35.5. The number of piperidine rings is 1. The Morgan fingerprint density at radius 1 is 1.33 bits per heavy atom. The molecule has 2 aliphatic rings. The van der Waals surface area contributed by atoms with Gasteiger partial charge in [-0.1, -0.05) is 11.6 Å². The first-order valence-electron chi connectivity index (χ1n) is 8.52. The molecule has 3 rings (SSSR count). The molecule has 0 aromatic carbocycles. The summed E-state index contributed by atoms with van der Waals surface area (Å²) in [5, 5.41) is 9.42. The van der Waals surface area contributed by atoms with E-state index in [1.165, 1.54) is 12.3 Å². The smallest absolute Gasteiger partial charge is 0.337 e. The Bertz CT molecular complexity index is 584. The summed E-state index contributed by atoms with van der Waals surface area (Å²) >= 11 is 6.24. The third-order valence-electron chi connectivity index (χ3n) is 5.21. The molecular weight excluding hydrogens is 330 g/mol. The van der Waals surface area contributed by atoms with E-state index >= 15 is 0 Å². The van der Waals surface area contributed by atoms with Crippen molar-refractivity contribution in [3.05, 3.63) is 22.8 Å². The zero-order valence-corrected chi connectivity index (χ0v) is 14.7. The van der Waals surface area contributed by atoms with Crippen molar-refractivity contribution < 1.29 is 14.6 Å². The number of morpholine rings is 1. The van der Waals surface area contributed by atoms with Crippen molar-refractivity contribution in [2.75, 3.05) is 44.3 Å². The van der Waals surface area contributed by atoms with E-state index in [9.17, 15) is 4.79 Å². The van der Waals surface area contributed by atoms with Gasteiger partial charge >= 0.3 is 5.97 Å². The number of aromatic nitrogens is 1. The molecule has 2 fully saturated rings. The molecule has 132 valence electrons. The molecule has 0 spiro atoms. The van der Waals surface area contributed by atoms with Gasteiger partial charge in [0.05, 0.1) is 23.8 Å². The number of carboxylic acids is 1. The largest absolute Gasteiger partial charge is 0.478 e. The second-order valence-corrected chi connectivity index (χ2v) is 6.96. The number of hydrogen-bond donors (Lipinski definition) is 1. The Balaban J connectivity index is 1.59. The second kappa shape index (κ2) is 7.68. The summed E-state index contributed by atoms with van der Waals surface area (Å²) in [7, 11) is 0. The van der Waals surface area contributed by atoms with Gasteiger partial charge in [-0.2, -0.15) is 0 Å². The maximum atomic E-state index is 11.0. The third-order valence-corrected chi connectivity index (χ3v) is 5.49. The summed E-state index contributed by atoms with van der Waals surface area (Å²) in [5.41, 5.74) is 0.125. The predicted octanol–water partition coefficient (Wildman–Crippen LogP) is 2.37. The quantitative estimate of drug-likeness (QED) is 0.896. The van der Waals surface area contributed by atoms with E-state index in [1.807, 2.05) is 0 Å². The highest BCUT2D eigenvalue weighted by Crippen LogP contribution is 2.30. The van der Waals surface area contributed by atoms with Crippen molar-refractivity contribution in [2.24, 2.45) is 5.92 Å². The summed E-state index contributed by atoms with van der Waals surface area (Å²) in [5.74, 6) is 0.351. The van der Waals surface area contributed by atoms with E-state index in [1.54, 1.807) is 0 Å². The number of pyridine rings is 1. The SMILES string of the molecule is C[C@H](C1CCN(c2ncc(C(=O)O)cc2Cl)CC1)N1CCOCC1. The van der Waals surface area contributed by atoms with Crippen LogP contribution in [0.2, 0.25) is 5.02 Å². The molecule has 0 bridgehead atoms. The number of carbonyl (C=O) groups is 1. The first-order chi connectivity index (χ1) is 11.6. The number of halogens is 1. The summed E-state index contributed by atoms with van der Waals surface area (Å²) < 4.78 is 5.44. The topological polar surface area (TPSA) is 65.9 Å². The van der Waals surface area contributed by atoms with Gasteiger partial charge in [0, 0.05) is 38.4 Å². The van der Waals surface area contributed by atoms with Crippen LogP contribution in [0.5, 0.6) is 0 Å². The van der Waals surface area contributed by atoms with Gasteiger partial charge < -0.3 is 14.7 Å². The minimum Gasteiger partial charge on any atom is -0.478 e. The third kappa shape index (κ3) is 3.82. The standard InChI is InChI=1S/C17H24ClN3O3/c1-12(20-6-8-24-9-7-20)13-2-4-21(5-3-13)16-15(18)10-14(11-19-16)17(22)23/h10-13H,2-9H2,1H3,(H,22,23)/t12-/m1/s1. The molecule has 1 N–H and O–H groups in total. The van der Waals surface area contributed by atoms with Crippen LogP contribution < -0.4 is 4.90 Å². The van der Waals surface area contributed by atoms with Crippen LogP contribution in [0.15, 0.2) is 12.3 Å². The minimum absolute atomic E-state index is 0.125. The highest BCUT2D eigenvalue weighted by molar-refractivity contribution is 6.33. The Morgan fingerprint density at radius 3 is 2.58 bits per heavy atom. The average molecular weight is 354 g/mol. The van der Waals surface area contributed by atoms with E-state index in [0.29, 0.717) is 22.8 Å². The van der Waals surface area contributed by atoms with E-state index in [2.05, 4.69) is 21.7 Å². The minimum atomic E-state index is -1.01. The van der Waals surface area contributed by atoms with Gasteiger partial charge in [-0.05, 0) is 31.7 Å².